The number of halogens is 3. The Morgan fingerprint density at radius 3 is 2.62 bits per heavy atom. The van der Waals surface area contributed by atoms with Crippen molar-refractivity contribution in [1.82, 2.24) is 9.97 Å². The van der Waals surface area contributed by atoms with E-state index >= 15 is 0 Å². The first-order valence-electron chi connectivity index (χ1n) is 7.54. The van der Waals surface area contributed by atoms with Gasteiger partial charge in [0.2, 0.25) is 0 Å². The molecule has 0 aliphatic heterocycles. The van der Waals surface area contributed by atoms with Crippen molar-refractivity contribution >= 4 is 34.7 Å². The van der Waals surface area contributed by atoms with Gasteiger partial charge in [-0.25, -0.2) is 18.7 Å². The van der Waals surface area contributed by atoms with Crippen LogP contribution in [0.2, 0.25) is 5.02 Å². The molecule has 5 nitrogen and oxygen atoms in total. The van der Waals surface area contributed by atoms with Crippen LogP contribution in [0.3, 0.4) is 0 Å². The monoisotopic (exact) mass is 374 g/mol. The third-order valence-corrected chi connectivity index (χ3v) is 3.93. The van der Waals surface area contributed by atoms with Crippen LogP contribution in [0.25, 0.3) is 0 Å². The molecule has 1 aromatic heterocycles. The van der Waals surface area contributed by atoms with Crippen LogP contribution < -0.4 is 10.6 Å². The molecule has 3 rings (SSSR count). The lowest BCUT2D eigenvalue weighted by atomic mass is 10.2. The summed E-state index contributed by atoms with van der Waals surface area (Å²) in [4.78, 5) is 20.2. The fourth-order valence-corrected chi connectivity index (χ4v) is 2.33. The van der Waals surface area contributed by atoms with Crippen LogP contribution in [-0.4, -0.2) is 15.9 Å². The Morgan fingerprint density at radius 2 is 1.88 bits per heavy atom. The van der Waals surface area contributed by atoms with E-state index in [0.29, 0.717) is 22.6 Å². The molecule has 132 valence electrons. The van der Waals surface area contributed by atoms with E-state index in [1.807, 2.05) is 19.1 Å². The number of carbonyl (C=O) groups excluding carboxylic acids is 1. The van der Waals surface area contributed by atoms with Gasteiger partial charge < -0.3 is 10.6 Å². The van der Waals surface area contributed by atoms with Gasteiger partial charge in [0.05, 0.1) is 5.69 Å². The lowest BCUT2D eigenvalue weighted by Gasteiger charge is -2.09. The summed E-state index contributed by atoms with van der Waals surface area (Å²) >= 11 is 6.08. The van der Waals surface area contributed by atoms with Crippen LogP contribution >= 0.6 is 11.6 Å². The second kappa shape index (κ2) is 7.45. The predicted octanol–water partition coefficient (Wildman–Crippen LogP) is 4.71. The van der Waals surface area contributed by atoms with Crippen molar-refractivity contribution in [3.8, 4) is 0 Å². The van der Waals surface area contributed by atoms with Crippen molar-refractivity contribution in [3.05, 3.63) is 76.7 Å². The number of nitrogens with zero attached hydrogens (tertiary/aromatic N) is 2. The summed E-state index contributed by atoms with van der Waals surface area (Å²) in [7, 11) is 0. The van der Waals surface area contributed by atoms with Gasteiger partial charge in [-0.15, -0.1) is 0 Å². The molecule has 2 aromatic carbocycles. The van der Waals surface area contributed by atoms with Crippen molar-refractivity contribution < 1.29 is 13.6 Å². The number of aromatic nitrogens is 2. The molecule has 0 unspecified atom stereocenters. The van der Waals surface area contributed by atoms with Gasteiger partial charge in [0.1, 0.15) is 29.5 Å². The molecule has 0 aliphatic carbocycles. The highest BCUT2D eigenvalue weighted by atomic mass is 35.5. The zero-order valence-electron chi connectivity index (χ0n) is 13.6. The maximum Gasteiger partial charge on any atom is 0.274 e. The minimum Gasteiger partial charge on any atom is -0.340 e. The van der Waals surface area contributed by atoms with Crippen LogP contribution in [0.4, 0.5) is 26.0 Å². The van der Waals surface area contributed by atoms with Crippen LogP contribution in [0.1, 0.15) is 16.1 Å². The lowest BCUT2D eigenvalue weighted by Crippen LogP contribution is -2.15. The first-order chi connectivity index (χ1) is 12.4. The number of carbonyl (C=O) groups is 1. The van der Waals surface area contributed by atoms with E-state index in [4.69, 9.17) is 11.6 Å². The number of nitrogens with one attached hydrogen (secondary N) is 2. The molecule has 0 atom stereocenters. The highest BCUT2D eigenvalue weighted by molar-refractivity contribution is 6.31. The van der Waals surface area contributed by atoms with E-state index < -0.39 is 17.5 Å². The highest BCUT2D eigenvalue weighted by Crippen LogP contribution is 2.22. The second-order valence-electron chi connectivity index (χ2n) is 5.46. The topological polar surface area (TPSA) is 66.9 Å². The number of hydrogen-bond acceptors (Lipinski definition) is 4. The third kappa shape index (κ3) is 4.12. The van der Waals surface area contributed by atoms with Gasteiger partial charge in [0.15, 0.2) is 0 Å². The Bertz CT molecular complexity index is 981. The van der Waals surface area contributed by atoms with E-state index in [1.54, 1.807) is 6.07 Å². The molecule has 1 heterocycles. The molecule has 26 heavy (non-hydrogen) atoms. The van der Waals surface area contributed by atoms with E-state index in [1.165, 1.54) is 12.4 Å². The zero-order chi connectivity index (χ0) is 18.7. The summed E-state index contributed by atoms with van der Waals surface area (Å²) in [5, 5.41) is 5.94. The van der Waals surface area contributed by atoms with Gasteiger partial charge in [-0.2, -0.15) is 0 Å². The number of amides is 1. The second-order valence-corrected chi connectivity index (χ2v) is 5.86. The summed E-state index contributed by atoms with van der Waals surface area (Å²) in [5.74, 6) is -1.89. The molecule has 0 spiro atoms. The third-order valence-electron chi connectivity index (χ3n) is 3.52. The Morgan fingerprint density at radius 1 is 1.08 bits per heavy atom. The maximum atomic E-state index is 13.7. The normalized spacial score (nSPS) is 10.5. The van der Waals surface area contributed by atoms with E-state index in [-0.39, 0.29) is 11.4 Å². The Hall–Kier alpha value is -3.06. The molecule has 0 aliphatic rings. The van der Waals surface area contributed by atoms with Crippen molar-refractivity contribution in [2.45, 2.75) is 6.92 Å². The van der Waals surface area contributed by atoms with E-state index in [2.05, 4.69) is 20.6 Å². The number of benzene rings is 2. The standard InChI is InChI=1S/C18H13ClF2N4O/c1-10-2-4-12(7-13(10)19)24-17-8-16(22-9-23-17)18(26)25-15-5-3-11(20)6-14(15)21/h2-9H,1H3,(H,25,26)(H,22,23,24). The molecule has 0 radical (unpaired) electrons. The van der Waals surface area contributed by atoms with Crippen LogP contribution in [0.5, 0.6) is 0 Å². The minimum atomic E-state index is -0.875. The number of rotatable bonds is 4. The lowest BCUT2D eigenvalue weighted by molar-refractivity contribution is 0.102. The molecule has 0 fully saturated rings. The summed E-state index contributed by atoms with van der Waals surface area (Å²) < 4.78 is 26.6. The molecular weight excluding hydrogens is 362 g/mol. The molecule has 0 bridgehead atoms. The van der Waals surface area contributed by atoms with Crippen LogP contribution in [-0.2, 0) is 0 Å². The smallest absolute Gasteiger partial charge is 0.274 e. The summed E-state index contributed by atoms with van der Waals surface area (Å²) in [6.07, 6.45) is 1.20. The first kappa shape index (κ1) is 17.8. The summed E-state index contributed by atoms with van der Waals surface area (Å²) in [5.41, 5.74) is 1.50. The van der Waals surface area contributed by atoms with Gasteiger partial charge in [-0.1, -0.05) is 17.7 Å². The number of anilines is 3. The van der Waals surface area contributed by atoms with Gasteiger partial charge >= 0.3 is 0 Å². The maximum absolute atomic E-state index is 13.7. The molecule has 1 amide bonds. The fraction of sp³-hybridized carbons (Fsp3) is 0.0556. The number of aryl methyl sites for hydroxylation is 1. The van der Waals surface area contributed by atoms with E-state index in [0.717, 1.165) is 17.7 Å². The van der Waals surface area contributed by atoms with Crippen LogP contribution in [0.15, 0.2) is 48.8 Å². The molecule has 3 aromatic rings. The predicted molar refractivity (Wildman–Crippen MR) is 95.8 cm³/mol. The van der Waals surface area contributed by atoms with Gasteiger partial charge in [-0.3, -0.25) is 4.79 Å². The van der Waals surface area contributed by atoms with Gasteiger partial charge in [0.25, 0.3) is 5.91 Å². The largest absolute Gasteiger partial charge is 0.340 e. The average molecular weight is 375 g/mol. The Balaban J connectivity index is 1.77. The minimum absolute atomic E-state index is 0.0180. The molecule has 0 saturated carbocycles. The summed E-state index contributed by atoms with van der Waals surface area (Å²) in [6, 6.07) is 9.67. The quantitative estimate of drug-likeness (QED) is 0.694. The summed E-state index contributed by atoms with van der Waals surface area (Å²) in [6.45, 7) is 1.88. The van der Waals surface area contributed by atoms with Gasteiger partial charge in [-0.05, 0) is 36.8 Å². The van der Waals surface area contributed by atoms with E-state index in [9.17, 15) is 13.6 Å². The van der Waals surface area contributed by atoms with Crippen LogP contribution in [0, 0.1) is 18.6 Å². The molecule has 2 N–H and O–H groups in total. The zero-order valence-corrected chi connectivity index (χ0v) is 14.3. The van der Waals surface area contributed by atoms with Crippen molar-refractivity contribution in [2.75, 3.05) is 10.6 Å². The Kier molecular flexibility index (Phi) is 5.09. The highest BCUT2D eigenvalue weighted by Gasteiger charge is 2.12. The fourth-order valence-electron chi connectivity index (χ4n) is 2.15. The van der Waals surface area contributed by atoms with Gasteiger partial charge in [0, 0.05) is 22.8 Å². The molecule has 0 saturated heterocycles. The molecular formula is C18H13ClF2N4O. The van der Waals surface area contributed by atoms with Crippen molar-refractivity contribution in [3.63, 3.8) is 0 Å². The number of hydrogen-bond donors (Lipinski definition) is 2. The Labute approximate surface area is 153 Å². The SMILES string of the molecule is Cc1ccc(Nc2cc(C(=O)Nc3ccc(F)cc3F)ncn2)cc1Cl. The average Bonchev–Trinajstić information content (AvgIpc) is 2.61. The first-order valence-corrected chi connectivity index (χ1v) is 7.92. The van der Waals surface area contributed by atoms with Crippen molar-refractivity contribution in [1.29, 1.82) is 0 Å². The van der Waals surface area contributed by atoms with Crippen molar-refractivity contribution in [2.24, 2.45) is 0 Å². The molecule has 8 heteroatoms.